The van der Waals surface area contributed by atoms with E-state index in [1.165, 1.54) is 12.1 Å². The van der Waals surface area contributed by atoms with E-state index in [-0.39, 0.29) is 5.69 Å². The first kappa shape index (κ1) is 13.9. The Labute approximate surface area is 116 Å². The zero-order chi connectivity index (χ0) is 14.5. The maximum atomic E-state index is 10.9. The van der Waals surface area contributed by atoms with Crippen molar-refractivity contribution in [3.63, 3.8) is 0 Å². The highest BCUT2D eigenvalue weighted by Crippen LogP contribution is 2.24. The van der Waals surface area contributed by atoms with Gasteiger partial charge in [-0.15, -0.1) is 0 Å². The zero-order valence-electron chi connectivity index (χ0n) is 11.5. The highest BCUT2D eigenvalue weighted by molar-refractivity contribution is 5.63. The van der Waals surface area contributed by atoms with Crippen molar-refractivity contribution in [2.24, 2.45) is 7.05 Å². The number of nitrogens with zero attached hydrogens (tertiary/aromatic N) is 3. The Morgan fingerprint density at radius 2 is 2.00 bits per heavy atom. The molecule has 0 spiro atoms. The molecule has 0 fully saturated rings. The number of non-ortho nitro benzene ring substituents is 1. The Morgan fingerprint density at radius 3 is 2.55 bits per heavy atom. The summed E-state index contributed by atoms with van der Waals surface area (Å²) in [5.74, 6) is 0. The molecular weight excluding hydrogens is 258 g/mol. The van der Waals surface area contributed by atoms with Crippen LogP contribution < -0.4 is 10.6 Å². The van der Waals surface area contributed by atoms with Crippen molar-refractivity contribution in [3.05, 3.63) is 46.3 Å². The van der Waals surface area contributed by atoms with E-state index >= 15 is 0 Å². The third-order valence-electron chi connectivity index (χ3n) is 2.75. The molecule has 7 nitrogen and oxygen atoms in total. The van der Waals surface area contributed by atoms with E-state index in [9.17, 15) is 10.1 Å². The summed E-state index contributed by atoms with van der Waals surface area (Å²) in [5, 5.41) is 21.4. The average Bonchev–Trinajstić information content (AvgIpc) is 2.82. The van der Waals surface area contributed by atoms with Crippen LogP contribution in [-0.4, -0.2) is 21.2 Å². The highest BCUT2D eigenvalue weighted by atomic mass is 16.6. The van der Waals surface area contributed by atoms with Crippen LogP contribution in [0.2, 0.25) is 0 Å². The van der Waals surface area contributed by atoms with Crippen molar-refractivity contribution in [2.75, 3.05) is 17.2 Å². The van der Waals surface area contributed by atoms with E-state index in [1.54, 1.807) is 4.68 Å². The van der Waals surface area contributed by atoms with Crippen LogP contribution in [0.15, 0.2) is 30.5 Å². The van der Waals surface area contributed by atoms with Gasteiger partial charge in [-0.1, -0.05) is 0 Å². The number of anilines is 2. The minimum atomic E-state index is -0.396. The molecule has 0 saturated heterocycles. The molecule has 2 aromatic rings. The van der Waals surface area contributed by atoms with Crippen LogP contribution >= 0.6 is 0 Å². The number of benzene rings is 1. The maximum Gasteiger partial charge on any atom is 0.273 e. The third-order valence-corrected chi connectivity index (χ3v) is 2.75. The molecule has 7 heteroatoms. The van der Waals surface area contributed by atoms with Gasteiger partial charge in [0.05, 0.1) is 17.2 Å². The standard InChI is InChI=1S/C13H17N5O2/c1-3-14-11-6-12(8-13(7-11)18(19)20)15-9-10-4-5-17(2)16-10/h4-8,14-15H,3,9H2,1-2H3. The Morgan fingerprint density at radius 1 is 1.30 bits per heavy atom. The summed E-state index contributed by atoms with van der Waals surface area (Å²) in [6.45, 7) is 3.17. The SMILES string of the molecule is CCNc1cc(NCc2ccn(C)n2)cc([N+](=O)[O-])c1. The van der Waals surface area contributed by atoms with E-state index in [0.29, 0.717) is 18.8 Å². The molecule has 2 rings (SSSR count). The summed E-state index contributed by atoms with van der Waals surface area (Å²) in [6.07, 6.45) is 1.86. The van der Waals surface area contributed by atoms with Gasteiger partial charge in [-0.3, -0.25) is 14.8 Å². The summed E-state index contributed by atoms with van der Waals surface area (Å²) in [7, 11) is 1.85. The third kappa shape index (κ3) is 3.47. The molecule has 106 valence electrons. The van der Waals surface area contributed by atoms with E-state index < -0.39 is 4.92 Å². The molecule has 0 amide bonds. The second-order valence-corrected chi connectivity index (χ2v) is 4.39. The number of rotatable bonds is 6. The monoisotopic (exact) mass is 275 g/mol. The molecule has 2 N–H and O–H groups in total. The first-order valence-corrected chi connectivity index (χ1v) is 6.34. The highest BCUT2D eigenvalue weighted by Gasteiger charge is 2.09. The smallest absolute Gasteiger partial charge is 0.273 e. The minimum Gasteiger partial charge on any atom is -0.385 e. The summed E-state index contributed by atoms with van der Waals surface area (Å²) >= 11 is 0. The van der Waals surface area contributed by atoms with Crippen molar-refractivity contribution in [3.8, 4) is 0 Å². The van der Waals surface area contributed by atoms with Gasteiger partial charge in [0.15, 0.2) is 0 Å². The molecule has 0 aliphatic rings. The van der Waals surface area contributed by atoms with Crippen molar-refractivity contribution < 1.29 is 4.92 Å². The average molecular weight is 275 g/mol. The number of hydrogen-bond donors (Lipinski definition) is 2. The van der Waals surface area contributed by atoms with Crippen LogP contribution in [0.1, 0.15) is 12.6 Å². The number of nitrogens with one attached hydrogen (secondary N) is 2. The lowest BCUT2D eigenvalue weighted by Crippen LogP contribution is -2.04. The predicted molar refractivity (Wildman–Crippen MR) is 77.8 cm³/mol. The molecule has 1 aromatic heterocycles. The van der Waals surface area contributed by atoms with Gasteiger partial charge in [0.2, 0.25) is 0 Å². The molecule has 20 heavy (non-hydrogen) atoms. The first-order chi connectivity index (χ1) is 9.58. The lowest BCUT2D eigenvalue weighted by atomic mass is 10.2. The van der Waals surface area contributed by atoms with Crippen molar-refractivity contribution in [2.45, 2.75) is 13.5 Å². The van der Waals surface area contributed by atoms with E-state index in [1.807, 2.05) is 32.3 Å². The van der Waals surface area contributed by atoms with E-state index in [4.69, 9.17) is 0 Å². The van der Waals surface area contributed by atoms with Crippen LogP contribution in [0.4, 0.5) is 17.1 Å². The van der Waals surface area contributed by atoms with Crippen LogP contribution in [0, 0.1) is 10.1 Å². The normalized spacial score (nSPS) is 10.3. The Kier molecular flexibility index (Phi) is 4.19. The molecule has 0 aliphatic heterocycles. The quantitative estimate of drug-likeness (QED) is 0.624. The van der Waals surface area contributed by atoms with Crippen molar-refractivity contribution in [1.29, 1.82) is 0 Å². The molecule has 0 radical (unpaired) electrons. The van der Waals surface area contributed by atoms with Crippen LogP contribution in [0.25, 0.3) is 0 Å². The number of hydrogen-bond acceptors (Lipinski definition) is 5. The lowest BCUT2D eigenvalue weighted by molar-refractivity contribution is -0.384. The largest absolute Gasteiger partial charge is 0.385 e. The van der Waals surface area contributed by atoms with Crippen LogP contribution in [0.5, 0.6) is 0 Å². The molecule has 0 atom stereocenters. The Balaban J connectivity index is 2.15. The van der Waals surface area contributed by atoms with Gasteiger partial charge in [-0.05, 0) is 19.1 Å². The maximum absolute atomic E-state index is 10.9. The van der Waals surface area contributed by atoms with E-state index in [2.05, 4.69) is 15.7 Å². The van der Waals surface area contributed by atoms with Crippen LogP contribution in [-0.2, 0) is 13.6 Å². The molecule has 1 heterocycles. The summed E-state index contributed by atoms with van der Waals surface area (Å²) in [5.41, 5.74) is 2.36. The fourth-order valence-corrected chi connectivity index (χ4v) is 1.87. The van der Waals surface area contributed by atoms with Gasteiger partial charge in [0, 0.05) is 43.3 Å². The molecule has 1 aromatic carbocycles. The van der Waals surface area contributed by atoms with Crippen LogP contribution in [0.3, 0.4) is 0 Å². The Hall–Kier alpha value is -2.57. The number of nitro benzene ring substituents is 1. The Bertz CT molecular complexity index is 609. The number of aryl methyl sites for hydroxylation is 1. The van der Waals surface area contributed by atoms with Gasteiger partial charge in [0.1, 0.15) is 0 Å². The minimum absolute atomic E-state index is 0.0620. The fourth-order valence-electron chi connectivity index (χ4n) is 1.87. The lowest BCUT2D eigenvalue weighted by Gasteiger charge is -2.08. The van der Waals surface area contributed by atoms with Gasteiger partial charge in [0.25, 0.3) is 5.69 Å². The first-order valence-electron chi connectivity index (χ1n) is 6.34. The number of aromatic nitrogens is 2. The van der Waals surface area contributed by atoms with Gasteiger partial charge in [-0.25, -0.2) is 0 Å². The van der Waals surface area contributed by atoms with Crippen molar-refractivity contribution >= 4 is 17.1 Å². The van der Waals surface area contributed by atoms with Crippen molar-refractivity contribution in [1.82, 2.24) is 9.78 Å². The predicted octanol–water partition coefficient (Wildman–Crippen LogP) is 2.37. The second kappa shape index (κ2) is 6.05. The fraction of sp³-hybridized carbons (Fsp3) is 0.308. The summed E-state index contributed by atoms with van der Waals surface area (Å²) < 4.78 is 1.72. The van der Waals surface area contributed by atoms with Gasteiger partial charge >= 0.3 is 0 Å². The molecule has 0 aliphatic carbocycles. The summed E-state index contributed by atoms with van der Waals surface area (Å²) in [6, 6.07) is 6.79. The molecular formula is C13H17N5O2. The zero-order valence-corrected chi connectivity index (χ0v) is 11.5. The van der Waals surface area contributed by atoms with Gasteiger partial charge in [-0.2, -0.15) is 5.10 Å². The number of nitro groups is 1. The van der Waals surface area contributed by atoms with Gasteiger partial charge < -0.3 is 10.6 Å². The molecule has 0 unspecified atom stereocenters. The molecule has 0 bridgehead atoms. The summed E-state index contributed by atoms with van der Waals surface area (Å²) in [4.78, 5) is 10.5. The second-order valence-electron chi connectivity index (χ2n) is 4.39. The van der Waals surface area contributed by atoms with E-state index in [0.717, 1.165) is 11.4 Å². The topological polar surface area (TPSA) is 85.0 Å². The molecule has 0 saturated carbocycles.